The molecule has 0 saturated heterocycles. The van der Waals surface area contributed by atoms with Crippen molar-refractivity contribution in [2.75, 3.05) is 17.2 Å². The Morgan fingerprint density at radius 1 is 0.857 bits per heavy atom. The first-order valence-electron chi connectivity index (χ1n) is 10.3. The van der Waals surface area contributed by atoms with Crippen molar-refractivity contribution in [3.63, 3.8) is 0 Å². The third-order valence-electron chi connectivity index (χ3n) is 4.77. The number of nitrogens with zero attached hydrogens (tertiary/aromatic N) is 2. The van der Waals surface area contributed by atoms with Gasteiger partial charge in [0.05, 0.1) is 0 Å². The van der Waals surface area contributed by atoms with E-state index in [1.54, 1.807) is 0 Å². The van der Waals surface area contributed by atoms with Crippen LogP contribution >= 0.6 is 0 Å². The molecule has 0 radical (unpaired) electrons. The van der Waals surface area contributed by atoms with Crippen molar-refractivity contribution < 1.29 is 0 Å². The molecule has 3 rings (SSSR count). The van der Waals surface area contributed by atoms with E-state index >= 15 is 0 Å². The highest BCUT2D eigenvalue weighted by atomic mass is 15.1. The molecule has 1 aromatic heterocycles. The van der Waals surface area contributed by atoms with Gasteiger partial charge in [-0.2, -0.15) is 4.98 Å². The number of aryl methyl sites for hydroxylation is 1. The van der Waals surface area contributed by atoms with Gasteiger partial charge in [0.25, 0.3) is 0 Å². The van der Waals surface area contributed by atoms with Gasteiger partial charge >= 0.3 is 0 Å². The van der Waals surface area contributed by atoms with Gasteiger partial charge in [-0.3, -0.25) is 0 Å². The Bertz CT molecular complexity index is 867. The second-order valence-corrected chi connectivity index (χ2v) is 8.27. The minimum atomic E-state index is 0.571. The Morgan fingerprint density at radius 2 is 1.64 bits per heavy atom. The predicted octanol–water partition coefficient (Wildman–Crippen LogP) is 5.90. The summed E-state index contributed by atoms with van der Waals surface area (Å²) >= 11 is 0. The molecule has 0 aliphatic rings. The smallest absolute Gasteiger partial charge is 0.225 e. The van der Waals surface area contributed by atoms with Gasteiger partial charge in [0.1, 0.15) is 5.82 Å². The molecule has 0 atom stereocenters. The molecule has 0 saturated carbocycles. The van der Waals surface area contributed by atoms with E-state index in [0.717, 1.165) is 30.9 Å². The Labute approximate surface area is 168 Å². The summed E-state index contributed by atoms with van der Waals surface area (Å²) in [6.45, 7) is 10.5. The van der Waals surface area contributed by atoms with Gasteiger partial charge in [0.2, 0.25) is 5.95 Å². The van der Waals surface area contributed by atoms with Gasteiger partial charge in [0.15, 0.2) is 0 Å². The normalized spacial score (nSPS) is 11.4. The Balaban J connectivity index is 1.78. The summed E-state index contributed by atoms with van der Waals surface area (Å²) in [4.78, 5) is 9.46. The summed E-state index contributed by atoms with van der Waals surface area (Å²) in [7, 11) is 0. The van der Waals surface area contributed by atoms with Crippen molar-refractivity contribution in [3.8, 4) is 0 Å². The molecule has 2 aromatic carbocycles. The second-order valence-electron chi connectivity index (χ2n) is 8.27. The minimum absolute atomic E-state index is 0.571. The SMILES string of the molecule is CC(C)CCc1cc(NCC(C)C)nc(NCc2cccc3ccccc23)n1. The van der Waals surface area contributed by atoms with Crippen LogP contribution in [-0.2, 0) is 13.0 Å². The highest BCUT2D eigenvalue weighted by molar-refractivity contribution is 5.85. The molecule has 1 heterocycles. The van der Waals surface area contributed by atoms with Crippen LogP contribution < -0.4 is 10.6 Å². The fraction of sp³-hybridized carbons (Fsp3) is 0.417. The molecule has 148 valence electrons. The maximum absolute atomic E-state index is 4.77. The second kappa shape index (κ2) is 9.54. The van der Waals surface area contributed by atoms with Gasteiger partial charge in [-0.05, 0) is 41.0 Å². The minimum Gasteiger partial charge on any atom is -0.370 e. The van der Waals surface area contributed by atoms with Crippen molar-refractivity contribution in [1.82, 2.24) is 9.97 Å². The summed E-state index contributed by atoms with van der Waals surface area (Å²) < 4.78 is 0. The maximum atomic E-state index is 4.77. The fourth-order valence-corrected chi connectivity index (χ4v) is 3.16. The van der Waals surface area contributed by atoms with E-state index < -0.39 is 0 Å². The van der Waals surface area contributed by atoms with Crippen LogP contribution in [0.25, 0.3) is 10.8 Å². The fourth-order valence-electron chi connectivity index (χ4n) is 3.16. The van der Waals surface area contributed by atoms with Gasteiger partial charge in [0, 0.05) is 24.8 Å². The van der Waals surface area contributed by atoms with Crippen LogP contribution in [0.5, 0.6) is 0 Å². The molecule has 0 fully saturated rings. The number of rotatable bonds is 9. The number of fused-ring (bicyclic) bond motifs is 1. The predicted molar refractivity (Wildman–Crippen MR) is 120 cm³/mol. The van der Waals surface area contributed by atoms with Crippen LogP contribution in [0.2, 0.25) is 0 Å². The summed E-state index contributed by atoms with van der Waals surface area (Å²) in [6, 6.07) is 17.0. The van der Waals surface area contributed by atoms with Crippen LogP contribution in [0.4, 0.5) is 11.8 Å². The van der Waals surface area contributed by atoms with Crippen molar-refractivity contribution >= 4 is 22.5 Å². The molecular formula is C24H32N4. The average molecular weight is 377 g/mol. The highest BCUT2D eigenvalue weighted by Gasteiger charge is 2.08. The molecule has 3 aromatic rings. The quantitative estimate of drug-likeness (QED) is 0.488. The lowest BCUT2D eigenvalue weighted by Crippen LogP contribution is -2.12. The molecular weight excluding hydrogens is 344 g/mol. The summed E-state index contributed by atoms with van der Waals surface area (Å²) in [5.74, 6) is 2.83. The van der Waals surface area contributed by atoms with Crippen LogP contribution in [0.1, 0.15) is 45.4 Å². The van der Waals surface area contributed by atoms with E-state index in [2.05, 4.69) is 86.9 Å². The number of anilines is 2. The molecule has 28 heavy (non-hydrogen) atoms. The van der Waals surface area contributed by atoms with Crippen LogP contribution in [0, 0.1) is 11.8 Å². The molecule has 4 heteroatoms. The topological polar surface area (TPSA) is 49.8 Å². The summed E-state index contributed by atoms with van der Waals surface area (Å²) in [5, 5.41) is 9.42. The Kier molecular flexibility index (Phi) is 6.85. The van der Waals surface area contributed by atoms with Gasteiger partial charge in [-0.25, -0.2) is 4.98 Å². The highest BCUT2D eigenvalue weighted by Crippen LogP contribution is 2.20. The molecule has 4 nitrogen and oxygen atoms in total. The third-order valence-corrected chi connectivity index (χ3v) is 4.77. The zero-order valence-electron chi connectivity index (χ0n) is 17.5. The van der Waals surface area contributed by atoms with E-state index in [4.69, 9.17) is 9.97 Å². The van der Waals surface area contributed by atoms with Crippen molar-refractivity contribution in [2.45, 2.75) is 47.1 Å². The van der Waals surface area contributed by atoms with E-state index in [1.807, 2.05) is 0 Å². The zero-order valence-corrected chi connectivity index (χ0v) is 17.5. The molecule has 0 aliphatic carbocycles. The van der Waals surface area contributed by atoms with Crippen molar-refractivity contribution in [2.24, 2.45) is 11.8 Å². The first-order chi connectivity index (χ1) is 13.5. The zero-order chi connectivity index (χ0) is 19.9. The van der Waals surface area contributed by atoms with Gasteiger partial charge in [-0.15, -0.1) is 0 Å². The third kappa shape index (κ3) is 5.69. The number of aromatic nitrogens is 2. The van der Waals surface area contributed by atoms with Crippen LogP contribution in [0.15, 0.2) is 48.5 Å². The average Bonchev–Trinajstić information content (AvgIpc) is 2.69. The summed E-state index contributed by atoms with van der Waals surface area (Å²) in [6.07, 6.45) is 2.10. The molecule has 0 spiro atoms. The van der Waals surface area contributed by atoms with Crippen LogP contribution in [-0.4, -0.2) is 16.5 Å². The van der Waals surface area contributed by atoms with Gasteiger partial charge in [-0.1, -0.05) is 70.2 Å². The summed E-state index contributed by atoms with van der Waals surface area (Å²) in [5.41, 5.74) is 2.35. The maximum Gasteiger partial charge on any atom is 0.225 e. The largest absolute Gasteiger partial charge is 0.370 e. The number of hydrogen-bond donors (Lipinski definition) is 2. The van der Waals surface area contributed by atoms with Crippen molar-refractivity contribution in [3.05, 3.63) is 59.8 Å². The number of nitrogens with one attached hydrogen (secondary N) is 2. The molecule has 0 amide bonds. The Hall–Kier alpha value is -2.62. The lowest BCUT2D eigenvalue weighted by molar-refractivity contribution is 0.581. The van der Waals surface area contributed by atoms with E-state index in [9.17, 15) is 0 Å². The monoisotopic (exact) mass is 376 g/mol. The lowest BCUT2D eigenvalue weighted by Gasteiger charge is -2.14. The van der Waals surface area contributed by atoms with Crippen LogP contribution in [0.3, 0.4) is 0 Å². The molecule has 0 unspecified atom stereocenters. The Morgan fingerprint density at radius 3 is 2.43 bits per heavy atom. The molecule has 0 bridgehead atoms. The van der Waals surface area contributed by atoms with Crippen molar-refractivity contribution in [1.29, 1.82) is 0 Å². The van der Waals surface area contributed by atoms with E-state index in [-0.39, 0.29) is 0 Å². The number of hydrogen-bond acceptors (Lipinski definition) is 4. The first kappa shape index (κ1) is 20.1. The number of benzene rings is 2. The standard InChI is InChI=1S/C24H32N4/c1-17(2)12-13-21-14-23(25-15-18(3)4)28-24(27-21)26-16-20-10-7-9-19-8-5-6-11-22(19)20/h5-11,14,17-18H,12-13,15-16H2,1-4H3,(H2,25,26,27,28). The molecule has 0 aliphatic heterocycles. The molecule has 2 N–H and O–H groups in total. The van der Waals surface area contributed by atoms with E-state index in [0.29, 0.717) is 24.3 Å². The first-order valence-corrected chi connectivity index (χ1v) is 10.3. The van der Waals surface area contributed by atoms with E-state index in [1.165, 1.54) is 16.3 Å². The van der Waals surface area contributed by atoms with Gasteiger partial charge < -0.3 is 10.6 Å². The lowest BCUT2D eigenvalue weighted by atomic mass is 10.0.